The molecule has 0 aromatic heterocycles. The van der Waals surface area contributed by atoms with Gasteiger partial charge in [0.15, 0.2) is 0 Å². The second kappa shape index (κ2) is 3.46. The highest BCUT2D eigenvalue weighted by atomic mass is 16.7. The van der Waals surface area contributed by atoms with Gasteiger partial charge in [-0.3, -0.25) is 9.63 Å². The average Bonchev–Trinajstić information content (AvgIpc) is 2.89. The lowest BCUT2D eigenvalue weighted by molar-refractivity contribution is -0.175. The van der Waals surface area contributed by atoms with Crippen molar-refractivity contribution in [1.82, 2.24) is 5.06 Å². The largest absolute Gasteiger partial charge is 0.303 e. The van der Waals surface area contributed by atoms with Gasteiger partial charge in [-0.25, -0.2) is 5.06 Å². The summed E-state index contributed by atoms with van der Waals surface area (Å²) in [7, 11) is 0. The molecule has 0 N–H and O–H groups in total. The summed E-state index contributed by atoms with van der Waals surface area (Å²) in [5.41, 5.74) is 0. The summed E-state index contributed by atoms with van der Waals surface area (Å²) in [6, 6.07) is 0. The molecule has 1 aliphatic carbocycles. The molecule has 1 unspecified atom stereocenters. The summed E-state index contributed by atoms with van der Waals surface area (Å²) in [6.07, 6.45) is 4.13. The maximum absolute atomic E-state index is 11.3. The Morgan fingerprint density at radius 3 is 2.92 bits per heavy atom. The van der Waals surface area contributed by atoms with Crippen LogP contribution in [0.25, 0.3) is 0 Å². The molecule has 1 atom stereocenters. The van der Waals surface area contributed by atoms with Crippen molar-refractivity contribution >= 4 is 12.2 Å². The molecule has 13 heavy (non-hydrogen) atoms. The van der Waals surface area contributed by atoms with Crippen LogP contribution in [-0.4, -0.2) is 29.9 Å². The van der Waals surface area contributed by atoms with E-state index < -0.39 is 0 Å². The Labute approximate surface area is 76.8 Å². The second-order valence-electron chi connectivity index (χ2n) is 3.64. The molecular formula is C9H13NO3. The van der Waals surface area contributed by atoms with E-state index in [1.165, 1.54) is 17.9 Å². The fourth-order valence-corrected chi connectivity index (χ4v) is 1.60. The summed E-state index contributed by atoms with van der Waals surface area (Å²) in [4.78, 5) is 26.8. The van der Waals surface area contributed by atoms with Crippen molar-refractivity contribution < 1.29 is 14.4 Å². The topological polar surface area (TPSA) is 46.6 Å². The van der Waals surface area contributed by atoms with Crippen LogP contribution in [-0.2, 0) is 14.4 Å². The van der Waals surface area contributed by atoms with E-state index in [9.17, 15) is 9.59 Å². The number of nitrogens with zero attached hydrogens (tertiary/aromatic N) is 1. The van der Waals surface area contributed by atoms with Crippen molar-refractivity contribution in [1.29, 1.82) is 0 Å². The van der Waals surface area contributed by atoms with Crippen LogP contribution in [0, 0.1) is 5.92 Å². The number of rotatable bonds is 4. The molecule has 1 amide bonds. The zero-order chi connectivity index (χ0) is 9.26. The highest BCUT2D eigenvalue weighted by molar-refractivity contribution is 5.77. The van der Waals surface area contributed by atoms with E-state index in [2.05, 4.69) is 0 Å². The molecule has 2 fully saturated rings. The number of carbonyl (C=O) groups is 2. The Kier molecular flexibility index (Phi) is 2.31. The third-order valence-electron chi connectivity index (χ3n) is 2.51. The second-order valence-corrected chi connectivity index (χ2v) is 3.64. The predicted molar refractivity (Wildman–Crippen MR) is 44.6 cm³/mol. The first kappa shape index (κ1) is 8.69. The lowest BCUT2D eigenvalue weighted by Gasteiger charge is -2.14. The predicted octanol–water partition coefficient (Wildman–Crippen LogP) is 0.518. The highest BCUT2D eigenvalue weighted by Crippen LogP contribution is 2.38. The zero-order valence-electron chi connectivity index (χ0n) is 7.44. The molecule has 0 radical (unpaired) electrons. The van der Waals surface area contributed by atoms with Crippen molar-refractivity contribution in [3.8, 4) is 0 Å². The summed E-state index contributed by atoms with van der Waals surface area (Å²) < 4.78 is 0. The van der Waals surface area contributed by atoms with E-state index in [-0.39, 0.29) is 12.0 Å². The van der Waals surface area contributed by atoms with Crippen molar-refractivity contribution in [2.45, 2.75) is 31.8 Å². The minimum Gasteiger partial charge on any atom is -0.303 e. The standard InChI is InChI=1S/C9H13NO3/c11-5-1-4-10-9(12)6-8(13-10)7-2-3-7/h5,7-8H,1-4,6H2. The van der Waals surface area contributed by atoms with Gasteiger partial charge in [-0.2, -0.15) is 0 Å². The number of hydrogen-bond donors (Lipinski definition) is 0. The van der Waals surface area contributed by atoms with Gasteiger partial charge in [0.2, 0.25) is 5.91 Å². The van der Waals surface area contributed by atoms with E-state index in [0.717, 1.165) is 6.29 Å². The van der Waals surface area contributed by atoms with Crippen LogP contribution in [0.1, 0.15) is 25.7 Å². The Bertz CT molecular complexity index is 225. The Hall–Kier alpha value is -0.900. The van der Waals surface area contributed by atoms with Gasteiger partial charge in [0, 0.05) is 6.42 Å². The number of hydroxylamine groups is 2. The molecule has 4 nitrogen and oxygen atoms in total. The SMILES string of the molecule is O=CCCN1OC(C2CC2)CC1=O. The summed E-state index contributed by atoms with van der Waals surface area (Å²) in [5, 5.41) is 1.34. The van der Waals surface area contributed by atoms with Gasteiger partial charge in [-0.05, 0) is 18.8 Å². The van der Waals surface area contributed by atoms with E-state index >= 15 is 0 Å². The number of aldehydes is 1. The maximum Gasteiger partial charge on any atom is 0.248 e. The van der Waals surface area contributed by atoms with E-state index in [1.807, 2.05) is 0 Å². The van der Waals surface area contributed by atoms with Gasteiger partial charge in [0.1, 0.15) is 6.29 Å². The Morgan fingerprint density at radius 1 is 1.54 bits per heavy atom. The van der Waals surface area contributed by atoms with Crippen LogP contribution in [0.4, 0.5) is 0 Å². The quantitative estimate of drug-likeness (QED) is 0.597. The van der Waals surface area contributed by atoms with Gasteiger partial charge < -0.3 is 4.79 Å². The van der Waals surface area contributed by atoms with Crippen LogP contribution < -0.4 is 0 Å². The van der Waals surface area contributed by atoms with Crippen molar-refractivity contribution in [3.05, 3.63) is 0 Å². The minimum absolute atomic E-state index is 0.0266. The van der Waals surface area contributed by atoms with Gasteiger partial charge in [0.05, 0.1) is 19.1 Å². The molecule has 1 heterocycles. The monoisotopic (exact) mass is 183 g/mol. The maximum atomic E-state index is 11.3. The lowest BCUT2D eigenvalue weighted by Crippen LogP contribution is -2.25. The molecule has 4 heteroatoms. The summed E-state index contributed by atoms with van der Waals surface area (Å²) in [6.45, 7) is 0.408. The first-order valence-electron chi connectivity index (χ1n) is 4.72. The minimum atomic E-state index is 0.0266. The van der Waals surface area contributed by atoms with Gasteiger partial charge in [-0.1, -0.05) is 0 Å². The van der Waals surface area contributed by atoms with Crippen molar-refractivity contribution in [2.75, 3.05) is 6.54 Å². The van der Waals surface area contributed by atoms with Gasteiger partial charge in [-0.15, -0.1) is 0 Å². The number of amides is 1. The van der Waals surface area contributed by atoms with Crippen molar-refractivity contribution in [3.63, 3.8) is 0 Å². The molecule has 1 saturated carbocycles. The molecule has 1 aliphatic heterocycles. The normalized spacial score (nSPS) is 28.2. The smallest absolute Gasteiger partial charge is 0.248 e. The van der Waals surface area contributed by atoms with Crippen LogP contribution in [0.15, 0.2) is 0 Å². The molecule has 0 bridgehead atoms. The fraction of sp³-hybridized carbons (Fsp3) is 0.778. The third kappa shape index (κ3) is 1.88. The van der Waals surface area contributed by atoms with Gasteiger partial charge >= 0.3 is 0 Å². The fourth-order valence-electron chi connectivity index (χ4n) is 1.60. The molecule has 0 aromatic rings. The van der Waals surface area contributed by atoms with Gasteiger partial charge in [0.25, 0.3) is 0 Å². The zero-order valence-corrected chi connectivity index (χ0v) is 7.44. The first-order chi connectivity index (χ1) is 6.31. The summed E-state index contributed by atoms with van der Waals surface area (Å²) >= 11 is 0. The first-order valence-corrected chi connectivity index (χ1v) is 4.72. The Morgan fingerprint density at radius 2 is 2.31 bits per heavy atom. The van der Waals surface area contributed by atoms with Crippen LogP contribution >= 0.6 is 0 Å². The molecule has 0 spiro atoms. The average molecular weight is 183 g/mol. The molecule has 72 valence electrons. The van der Waals surface area contributed by atoms with Crippen LogP contribution in [0.3, 0.4) is 0 Å². The third-order valence-corrected chi connectivity index (χ3v) is 2.51. The van der Waals surface area contributed by atoms with E-state index in [0.29, 0.717) is 25.3 Å². The molecule has 2 aliphatic rings. The van der Waals surface area contributed by atoms with E-state index in [1.54, 1.807) is 0 Å². The molecular weight excluding hydrogens is 170 g/mol. The van der Waals surface area contributed by atoms with E-state index in [4.69, 9.17) is 4.84 Å². The molecule has 2 rings (SSSR count). The highest BCUT2D eigenvalue weighted by Gasteiger charge is 2.41. The van der Waals surface area contributed by atoms with Crippen LogP contribution in [0.2, 0.25) is 0 Å². The molecule has 1 saturated heterocycles. The molecule has 0 aromatic carbocycles. The number of carbonyl (C=O) groups excluding carboxylic acids is 2. The van der Waals surface area contributed by atoms with Crippen molar-refractivity contribution in [2.24, 2.45) is 5.92 Å². The number of hydrogen-bond acceptors (Lipinski definition) is 3. The Balaban J connectivity index is 1.83. The summed E-state index contributed by atoms with van der Waals surface area (Å²) in [5.74, 6) is 0.615. The lowest BCUT2D eigenvalue weighted by atomic mass is 10.2. The van der Waals surface area contributed by atoms with Crippen LogP contribution in [0.5, 0.6) is 0 Å².